The monoisotopic (exact) mass is 215 g/mol. The molecule has 0 spiro atoms. The molecular weight excluding hydrogens is 215 g/mol. The first-order valence-corrected chi connectivity index (χ1v) is 3.17. The van der Waals surface area contributed by atoms with Crippen molar-refractivity contribution in [3.8, 4) is 0 Å². The van der Waals surface area contributed by atoms with Crippen molar-refractivity contribution in [1.82, 2.24) is 4.98 Å². The number of aromatic carboxylic acids is 1. The Morgan fingerprint density at radius 2 is 2.08 bits per heavy atom. The van der Waals surface area contributed by atoms with Crippen LogP contribution in [-0.2, 0) is 6.18 Å². The molecule has 8 heteroatoms. The first-order chi connectivity index (χ1) is 5.82. The van der Waals surface area contributed by atoms with E-state index in [1.165, 1.54) is 0 Å². The van der Waals surface area contributed by atoms with E-state index in [-0.39, 0.29) is 0 Å². The summed E-state index contributed by atoms with van der Waals surface area (Å²) in [4.78, 5) is 12.9. The van der Waals surface area contributed by atoms with Gasteiger partial charge in [0.25, 0.3) is 5.35 Å². The quantitative estimate of drug-likeness (QED) is 0.779. The van der Waals surface area contributed by atoms with E-state index in [9.17, 15) is 18.0 Å². The minimum absolute atomic E-state index is 0.857. The van der Waals surface area contributed by atoms with Crippen LogP contribution in [0.2, 0.25) is 5.35 Å². The molecule has 0 bridgehead atoms. The molecule has 13 heavy (non-hydrogen) atoms. The summed E-state index contributed by atoms with van der Waals surface area (Å²) in [5.74, 6) is -3.18. The van der Waals surface area contributed by atoms with E-state index in [2.05, 4.69) is 9.40 Å². The lowest BCUT2D eigenvalue weighted by Crippen LogP contribution is -2.11. The molecule has 0 aliphatic heterocycles. The third kappa shape index (κ3) is 1.92. The molecule has 1 aromatic heterocycles. The Bertz CT molecular complexity index is 345. The average Bonchev–Trinajstić information content (AvgIpc) is 2.29. The van der Waals surface area contributed by atoms with Crippen LogP contribution < -0.4 is 0 Å². The highest BCUT2D eigenvalue weighted by atomic mass is 35.5. The van der Waals surface area contributed by atoms with E-state index in [0.717, 1.165) is 0 Å². The third-order valence-electron chi connectivity index (χ3n) is 1.06. The zero-order valence-electron chi connectivity index (χ0n) is 5.72. The Kier molecular flexibility index (Phi) is 2.21. The van der Waals surface area contributed by atoms with Crippen molar-refractivity contribution in [2.75, 3.05) is 0 Å². The topological polar surface area (TPSA) is 63.3 Å². The molecule has 0 saturated heterocycles. The number of halogens is 4. The molecule has 72 valence electrons. The standard InChI is InChI=1S/C5HClF3NO3/c6-4-10-2(5(7,8)9)1(13-4)3(11)12/h(H,11,12). The summed E-state index contributed by atoms with van der Waals surface area (Å²) >= 11 is 4.97. The molecule has 0 aliphatic rings. The normalized spacial score (nSPS) is 11.7. The fraction of sp³-hybridized carbons (Fsp3) is 0.200. The van der Waals surface area contributed by atoms with Crippen LogP contribution in [0.25, 0.3) is 0 Å². The van der Waals surface area contributed by atoms with Gasteiger partial charge in [-0.1, -0.05) is 0 Å². The molecular formula is C5HClF3NO3. The fourth-order valence-electron chi connectivity index (χ4n) is 0.631. The molecule has 1 N–H and O–H groups in total. The maximum absolute atomic E-state index is 12.0. The SMILES string of the molecule is O=C(O)c1oc(Cl)nc1C(F)(F)F. The summed E-state index contributed by atoms with van der Waals surface area (Å²) in [5.41, 5.74) is -1.63. The molecule has 1 rings (SSSR count). The van der Waals surface area contributed by atoms with Crippen LogP contribution >= 0.6 is 11.6 Å². The van der Waals surface area contributed by atoms with Gasteiger partial charge in [-0.15, -0.1) is 0 Å². The summed E-state index contributed by atoms with van der Waals surface area (Å²) in [6.07, 6.45) is -4.88. The number of hydrogen-bond donors (Lipinski definition) is 1. The van der Waals surface area contributed by atoms with Crippen LogP contribution in [0, 0.1) is 0 Å². The van der Waals surface area contributed by atoms with Gasteiger partial charge in [-0.2, -0.15) is 18.2 Å². The van der Waals surface area contributed by atoms with Crippen molar-refractivity contribution in [1.29, 1.82) is 0 Å². The van der Waals surface area contributed by atoms with Crippen LogP contribution in [0.5, 0.6) is 0 Å². The van der Waals surface area contributed by atoms with Gasteiger partial charge in [0, 0.05) is 0 Å². The van der Waals surface area contributed by atoms with Gasteiger partial charge in [0.2, 0.25) is 5.76 Å². The van der Waals surface area contributed by atoms with E-state index >= 15 is 0 Å². The molecule has 1 aromatic rings. The van der Waals surface area contributed by atoms with Crippen molar-refractivity contribution >= 4 is 17.6 Å². The van der Waals surface area contributed by atoms with Gasteiger partial charge < -0.3 is 9.52 Å². The van der Waals surface area contributed by atoms with Gasteiger partial charge in [-0.3, -0.25) is 0 Å². The van der Waals surface area contributed by atoms with Crippen molar-refractivity contribution in [3.63, 3.8) is 0 Å². The Hall–Kier alpha value is -1.24. The van der Waals surface area contributed by atoms with Gasteiger partial charge in [-0.05, 0) is 11.6 Å². The van der Waals surface area contributed by atoms with Crippen LogP contribution in [0.15, 0.2) is 4.42 Å². The molecule has 0 unspecified atom stereocenters. The van der Waals surface area contributed by atoms with E-state index in [1.807, 2.05) is 0 Å². The zero-order chi connectivity index (χ0) is 10.2. The second-order valence-corrected chi connectivity index (χ2v) is 2.27. The summed E-state index contributed by atoms with van der Waals surface area (Å²) in [7, 11) is 0. The predicted molar refractivity (Wildman–Crippen MR) is 33.5 cm³/mol. The lowest BCUT2D eigenvalue weighted by Gasteiger charge is -2.00. The number of carbonyl (C=O) groups is 1. The highest BCUT2D eigenvalue weighted by molar-refractivity contribution is 6.27. The zero-order valence-corrected chi connectivity index (χ0v) is 6.48. The molecule has 0 aliphatic carbocycles. The molecule has 4 nitrogen and oxygen atoms in total. The lowest BCUT2D eigenvalue weighted by atomic mass is 10.3. The van der Waals surface area contributed by atoms with Crippen LogP contribution in [0.3, 0.4) is 0 Å². The Morgan fingerprint density at radius 3 is 2.38 bits per heavy atom. The molecule has 0 amide bonds. The van der Waals surface area contributed by atoms with Crippen molar-refractivity contribution in [2.24, 2.45) is 0 Å². The second-order valence-electron chi connectivity index (χ2n) is 1.95. The maximum Gasteiger partial charge on any atom is 0.437 e. The number of carboxylic acid groups (broad SMARTS) is 1. The number of aromatic nitrogens is 1. The highest BCUT2D eigenvalue weighted by Crippen LogP contribution is 2.32. The van der Waals surface area contributed by atoms with E-state index in [4.69, 9.17) is 16.7 Å². The average molecular weight is 216 g/mol. The van der Waals surface area contributed by atoms with Crippen molar-refractivity contribution in [2.45, 2.75) is 6.18 Å². The lowest BCUT2D eigenvalue weighted by molar-refractivity contribution is -0.141. The molecule has 0 radical (unpaired) electrons. The smallest absolute Gasteiger partial charge is 0.437 e. The summed E-state index contributed by atoms with van der Waals surface area (Å²) in [6, 6.07) is 0. The van der Waals surface area contributed by atoms with Crippen LogP contribution in [0.4, 0.5) is 13.2 Å². The number of hydrogen-bond acceptors (Lipinski definition) is 3. The fourth-order valence-corrected chi connectivity index (χ4v) is 0.793. The summed E-state index contributed by atoms with van der Waals surface area (Å²) in [6.45, 7) is 0. The predicted octanol–water partition coefficient (Wildman–Crippen LogP) is 2.04. The van der Waals surface area contributed by atoms with Gasteiger partial charge in [0.1, 0.15) is 0 Å². The molecule has 1 heterocycles. The Balaban J connectivity index is 3.28. The van der Waals surface area contributed by atoms with Crippen molar-refractivity contribution in [3.05, 3.63) is 16.8 Å². The largest absolute Gasteiger partial charge is 0.475 e. The first-order valence-electron chi connectivity index (χ1n) is 2.79. The second kappa shape index (κ2) is 2.91. The molecule has 0 atom stereocenters. The number of rotatable bonds is 1. The van der Waals surface area contributed by atoms with Gasteiger partial charge >= 0.3 is 12.1 Å². The van der Waals surface area contributed by atoms with Gasteiger partial charge in [-0.25, -0.2) is 4.79 Å². The minimum atomic E-state index is -4.88. The Morgan fingerprint density at radius 1 is 1.54 bits per heavy atom. The minimum Gasteiger partial charge on any atom is -0.475 e. The van der Waals surface area contributed by atoms with Crippen LogP contribution in [0.1, 0.15) is 16.2 Å². The van der Waals surface area contributed by atoms with Gasteiger partial charge in [0.15, 0.2) is 5.69 Å². The van der Waals surface area contributed by atoms with Crippen molar-refractivity contribution < 1.29 is 27.5 Å². The third-order valence-corrected chi connectivity index (χ3v) is 1.23. The first kappa shape index (κ1) is 9.85. The number of nitrogens with zero attached hydrogens (tertiary/aromatic N) is 1. The van der Waals surface area contributed by atoms with Crippen LogP contribution in [-0.4, -0.2) is 16.1 Å². The maximum atomic E-state index is 12.0. The van der Waals surface area contributed by atoms with E-state index < -0.39 is 28.9 Å². The van der Waals surface area contributed by atoms with E-state index in [1.54, 1.807) is 0 Å². The molecule has 0 aromatic carbocycles. The number of oxazole rings is 1. The Labute approximate surface area is 73.9 Å². The number of alkyl halides is 3. The van der Waals surface area contributed by atoms with E-state index in [0.29, 0.717) is 0 Å². The molecule has 0 fully saturated rings. The summed E-state index contributed by atoms with van der Waals surface area (Å²) < 4.78 is 40.0. The highest BCUT2D eigenvalue weighted by Gasteiger charge is 2.41. The summed E-state index contributed by atoms with van der Waals surface area (Å²) in [5, 5.41) is 7.39. The van der Waals surface area contributed by atoms with Gasteiger partial charge in [0.05, 0.1) is 0 Å². The number of carboxylic acids is 1. The molecule has 0 saturated carbocycles.